The molecule has 4 rings (SSSR count). The standard InChI is InChI=1S/C17H22N4O2/c18-14-5-12-9-23-10-13(6-14)17(12)20-16(22)7-11-8-19-21-4-2-1-3-15(11)21/h1-4,8,12-14,17H,5-7,9-10,18H2,(H,20,22). The molecule has 0 aromatic carbocycles. The molecule has 0 radical (unpaired) electrons. The third-order valence-corrected chi connectivity index (χ3v) is 5.08. The molecule has 1 aliphatic heterocycles. The minimum Gasteiger partial charge on any atom is -0.381 e. The van der Waals surface area contributed by atoms with E-state index < -0.39 is 0 Å². The molecular formula is C17H22N4O2. The average Bonchev–Trinajstić information content (AvgIpc) is 2.91. The van der Waals surface area contributed by atoms with Crippen LogP contribution in [0.15, 0.2) is 30.6 Å². The molecule has 3 N–H and O–H groups in total. The first-order chi connectivity index (χ1) is 11.2. The Kier molecular flexibility index (Phi) is 3.79. The second-order valence-electron chi connectivity index (χ2n) is 6.76. The van der Waals surface area contributed by atoms with Crippen molar-refractivity contribution in [3.8, 4) is 0 Å². The van der Waals surface area contributed by atoms with Crippen LogP contribution in [0.5, 0.6) is 0 Å². The first kappa shape index (κ1) is 14.7. The van der Waals surface area contributed by atoms with Crippen LogP contribution in [0, 0.1) is 11.8 Å². The van der Waals surface area contributed by atoms with Crippen LogP contribution < -0.4 is 11.1 Å². The first-order valence-corrected chi connectivity index (χ1v) is 8.24. The van der Waals surface area contributed by atoms with Crippen LogP contribution in [0.3, 0.4) is 0 Å². The Bertz CT molecular complexity index is 699. The number of amides is 1. The van der Waals surface area contributed by atoms with Gasteiger partial charge < -0.3 is 15.8 Å². The van der Waals surface area contributed by atoms with Gasteiger partial charge in [-0.25, -0.2) is 4.52 Å². The normalized spacial score (nSPS) is 30.3. The van der Waals surface area contributed by atoms with Crippen molar-refractivity contribution in [2.24, 2.45) is 17.6 Å². The highest BCUT2D eigenvalue weighted by Crippen LogP contribution is 2.33. The molecule has 2 fully saturated rings. The van der Waals surface area contributed by atoms with Crippen molar-refractivity contribution in [1.29, 1.82) is 0 Å². The van der Waals surface area contributed by atoms with Crippen molar-refractivity contribution >= 4 is 11.4 Å². The van der Waals surface area contributed by atoms with Gasteiger partial charge >= 0.3 is 0 Å². The summed E-state index contributed by atoms with van der Waals surface area (Å²) < 4.78 is 7.44. The van der Waals surface area contributed by atoms with E-state index in [0.717, 1.165) is 23.9 Å². The molecule has 3 heterocycles. The zero-order valence-electron chi connectivity index (χ0n) is 13.0. The fraction of sp³-hybridized carbons (Fsp3) is 0.529. The van der Waals surface area contributed by atoms with Crippen LogP contribution >= 0.6 is 0 Å². The summed E-state index contributed by atoms with van der Waals surface area (Å²) in [6, 6.07) is 6.30. The maximum atomic E-state index is 12.5. The molecule has 2 atom stereocenters. The zero-order chi connectivity index (χ0) is 15.8. The second kappa shape index (κ2) is 5.94. The van der Waals surface area contributed by atoms with Gasteiger partial charge in [-0.05, 0) is 25.0 Å². The number of ether oxygens (including phenoxy) is 1. The summed E-state index contributed by atoms with van der Waals surface area (Å²) in [6.45, 7) is 1.40. The van der Waals surface area contributed by atoms with E-state index in [4.69, 9.17) is 10.5 Å². The molecule has 1 aliphatic carbocycles. The van der Waals surface area contributed by atoms with Crippen LogP contribution in [0.4, 0.5) is 0 Å². The number of carbonyl (C=O) groups is 1. The summed E-state index contributed by atoms with van der Waals surface area (Å²) in [5.74, 6) is 0.733. The Morgan fingerprint density at radius 2 is 2.13 bits per heavy atom. The van der Waals surface area contributed by atoms with Gasteiger partial charge in [0.25, 0.3) is 0 Å². The summed E-state index contributed by atoms with van der Waals surface area (Å²) >= 11 is 0. The monoisotopic (exact) mass is 314 g/mol. The molecule has 2 unspecified atom stereocenters. The first-order valence-electron chi connectivity index (χ1n) is 8.24. The van der Waals surface area contributed by atoms with Crippen LogP contribution in [0.1, 0.15) is 18.4 Å². The van der Waals surface area contributed by atoms with Crippen LogP contribution in [-0.2, 0) is 16.0 Å². The molecule has 23 heavy (non-hydrogen) atoms. The number of fused-ring (bicyclic) bond motifs is 3. The lowest BCUT2D eigenvalue weighted by Gasteiger charge is -2.44. The van der Waals surface area contributed by atoms with Gasteiger partial charge in [0.15, 0.2) is 0 Å². The molecule has 2 aromatic heterocycles. The smallest absolute Gasteiger partial charge is 0.224 e. The van der Waals surface area contributed by atoms with E-state index >= 15 is 0 Å². The number of rotatable bonds is 3. The molecule has 0 spiro atoms. The summed E-state index contributed by atoms with van der Waals surface area (Å²) in [6.07, 6.45) is 5.88. The van der Waals surface area contributed by atoms with Crippen molar-refractivity contribution < 1.29 is 9.53 Å². The number of nitrogens with one attached hydrogen (secondary N) is 1. The molecule has 2 aliphatic rings. The third kappa shape index (κ3) is 2.84. The Morgan fingerprint density at radius 1 is 1.35 bits per heavy atom. The van der Waals surface area contributed by atoms with E-state index in [1.165, 1.54) is 0 Å². The van der Waals surface area contributed by atoms with Gasteiger partial charge in [-0.1, -0.05) is 6.07 Å². The highest BCUT2D eigenvalue weighted by molar-refractivity contribution is 5.81. The number of nitrogens with two attached hydrogens (primary N) is 1. The van der Waals surface area contributed by atoms with Gasteiger partial charge in [0.05, 0.1) is 31.3 Å². The van der Waals surface area contributed by atoms with Crippen molar-refractivity contribution in [3.63, 3.8) is 0 Å². The Labute approximate surface area is 135 Å². The quantitative estimate of drug-likeness (QED) is 0.876. The topological polar surface area (TPSA) is 81.6 Å². The fourth-order valence-corrected chi connectivity index (χ4v) is 4.04. The van der Waals surface area contributed by atoms with Gasteiger partial charge in [-0.15, -0.1) is 0 Å². The summed E-state index contributed by atoms with van der Waals surface area (Å²) in [5.41, 5.74) is 8.05. The third-order valence-electron chi connectivity index (χ3n) is 5.08. The lowest BCUT2D eigenvalue weighted by Crippen LogP contribution is -2.57. The van der Waals surface area contributed by atoms with Crippen molar-refractivity contribution in [2.45, 2.75) is 31.3 Å². The number of nitrogens with zero attached hydrogens (tertiary/aromatic N) is 2. The molecule has 1 amide bonds. The Morgan fingerprint density at radius 3 is 2.91 bits per heavy atom. The second-order valence-corrected chi connectivity index (χ2v) is 6.76. The minimum atomic E-state index is 0.0566. The SMILES string of the molecule is NC1CC2COCC(C1)C2NC(=O)Cc1cnn2ccccc12. The lowest BCUT2D eigenvalue weighted by molar-refractivity contribution is -0.124. The largest absolute Gasteiger partial charge is 0.381 e. The maximum absolute atomic E-state index is 12.5. The summed E-state index contributed by atoms with van der Waals surface area (Å²) in [5, 5.41) is 7.52. The number of pyridine rings is 1. The van der Waals surface area contributed by atoms with E-state index in [-0.39, 0.29) is 18.0 Å². The highest BCUT2D eigenvalue weighted by Gasteiger charge is 2.40. The van der Waals surface area contributed by atoms with Crippen molar-refractivity contribution in [3.05, 3.63) is 36.2 Å². The van der Waals surface area contributed by atoms with Gasteiger partial charge in [-0.2, -0.15) is 5.10 Å². The fourth-order valence-electron chi connectivity index (χ4n) is 4.04. The Hall–Kier alpha value is -1.92. The van der Waals surface area contributed by atoms with Gasteiger partial charge in [-0.3, -0.25) is 4.79 Å². The van der Waals surface area contributed by atoms with E-state index in [9.17, 15) is 4.79 Å². The van der Waals surface area contributed by atoms with Crippen molar-refractivity contribution in [1.82, 2.24) is 14.9 Å². The van der Waals surface area contributed by atoms with Crippen LogP contribution in [0.2, 0.25) is 0 Å². The molecule has 2 aromatic rings. The van der Waals surface area contributed by atoms with E-state index in [1.54, 1.807) is 10.7 Å². The van der Waals surface area contributed by atoms with Crippen molar-refractivity contribution in [2.75, 3.05) is 13.2 Å². The molecule has 6 heteroatoms. The summed E-state index contributed by atoms with van der Waals surface area (Å²) in [7, 11) is 0. The van der Waals surface area contributed by atoms with E-state index in [0.29, 0.717) is 31.5 Å². The highest BCUT2D eigenvalue weighted by atomic mass is 16.5. The number of hydrogen-bond acceptors (Lipinski definition) is 4. The predicted octanol–water partition coefficient (Wildman–Crippen LogP) is 0.745. The van der Waals surface area contributed by atoms with Gasteiger partial charge in [0, 0.05) is 35.7 Å². The summed E-state index contributed by atoms with van der Waals surface area (Å²) in [4.78, 5) is 12.5. The van der Waals surface area contributed by atoms with E-state index in [2.05, 4.69) is 10.4 Å². The molecule has 1 saturated carbocycles. The lowest BCUT2D eigenvalue weighted by atomic mass is 9.73. The molecule has 1 saturated heterocycles. The van der Waals surface area contributed by atoms with E-state index in [1.807, 2.05) is 24.4 Å². The molecule has 6 nitrogen and oxygen atoms in total. The Balaban J connectivity index is 1.46. The molecule has 2 bridgehead atoms. The van der Waals surface area contributed by atoms with Crippen LogP contribution in [0.25, 0.3) is 5.52 Å². The maximum Gasteiger partial charge on any atom is 0.224 e. The van der Waals surface area contributed by atoms with Gasteiger partial charge in [0.2, 0.25) is 5.91 Å². The molecular weight excluding hydrogens is 292 g/mol. The van der Waals surface area contributed by atoms with Gasteiger partial charge in [0.1, 0.15) is 0 Å². The minimum absolute atomic E-state index is 0.0566. The number of hydrogen-bond donors (Lipinski definition) is 2. The van der Waals surface area contributed by atoms with Crippen LogP contribution in [-0.4, -0.2) is 40.8 Å². The average molecular weight is 314 g/mol. The molecule has 122 valence electrons. The predicted molar refractivity (Wildman–Crippen MR) is 85.8 cm³/mol. The zero-order valence-corrected chi connectivity index (χ0v) is 13.0. The number of aromatic nitrogens is 2. The number of carbonyl (C=O) groups excluding carboxylic acids is 1.